The van der Waals surface area contributed by atoms with Crippen molar-refractivity contribution in [1.29, 1.82) is 0 Å². The van der Waals surface area contributed by atoms with E-state index in [-0.39, 0.29) is 33.9 Å². The molecule has 6 N–H and O–H groups in total. The number of nitrogens with two attached hydrogens (primary N) is 2. The number of hydrogen-bond acceptors (Lipinski definition) is 5. The molecule has 1 aliphatic carbocycles. The summed E-state index contributed by atoms with van der Waals surface area (Å²) in [6, 6.07) is 0.454. The molecule has 0 radical (unpaired) electrons. The maximum atomic E-state index is 10.4. The summed E-state index contributed by atoms with van der Waals surface area (Å²) < 4.78 is 0. The summed E-state index contributed by atoms with van der Waals surface area (Å²) in [5, 5.41) is 18.8. The number of rotatable bonds is 3. The number of hydrazine groups is 1. The van der Waals surface area contributed by atoms with Crippen LogP contribution in [0.2, 0.25) is 0 Å². The monoisotopic (exact) mass is 454 g/mol. The second-order valence-corrected chi connectivity index (χ2v) is 4.82. The molecule has 0 aromatic rings. The Morgan fingerprint density at radius 1 is 1.21 bits per heavy atom. The predicted molar refractivity (Wildman–Crippen MR) is 64.5 cm³/mol. The minimum atomic E-state index is -1.44. The number of nitrogens with zero attached hydrogens (tertiary/aromatic N) is 1. The molecule has 0 aromatic carbocycles. The third-order valence-electron chi connectivity index (χ3n) is 3.72. The molecule has 2 aliphatic rings. The summed E-state index contributed by atoms with van der Waals surface area (Å²) in [6.45, 7) is 1.72. The van der Waals surface area contributed by atoms with E-state index in [0.29, 0.717) is 19.0 Å². The van der Waals surface area contributed by atoms with Crippen molar-refractivity contribution in [2.24, 2.45) is 17.0 Å². The van der Waals surface area contributed by atoms with Gasteiger partial charge in [0.2, 0.25) is 0 Å². The Labute approximate surface area is 126 Å². The molecule has 0 aromatic heterocycles. The average Bonchev–Trinajstić information content (AvgIpc) is 2.61. The van der Waals surface area contributed by atoms with E-state index in [0.717, 1.165) is 6.54 Å². The van der Waals surface area contributed by atoms with E-state index in [1.807, 2.05) is 5.01 Å². The number of aliphatic carboxylic acids is 2. The molecule has 1 aliphatic heterocycles. The second kappa shape index (κ2) is 7.94. The first-order valence-corrected chi connectivity index (χ1v) is 6.12. The Morgan fingerprint density at radius 2 is 1.74 bits per heavy atom. The van der Waals surface area contributed by atoms with Crippen molar-refractivity contribution in [2.75, 3.05) is 13.1 Å². The second-order valence-electron chi connectivity index (χ2n) is 4.82. The zero-order valence-corrected chi connectivity index (χ0v) is 12.9. The van der Waals surface area contributed by atoms with Crippen LogP contribution in [0, 0.1) is 5.41 Å². The Morgan fingerprint density at radius 3 is 1.84 bits per heavy atom. The Hall–Kier alpha value is -0.492. The third kappa shape index (κ3) is 4.24. The van der Waals surface area contributed by atoms with Gasteiger partial charge in [-0.2, -0.15) is 0 Å². The molecule has 0 bridgehead atoms. The Kier molecular flexibility index (Phi) is 7.74. The van der Waals surface area contributed by atoms with Crippen molar-refractivity contribution >= 4 is 11.9 Å². The van der Waals surface area contributed by atoms with Crippen molar-refractivity contribution in [3.8, 4) is 0 Å². The third-order valence-corrected chi connectivity index (χ3v) is 3.72. The van der Waals surface area contributed by atoms with Crippen LogP contribution >= 0.6 is 0 Å². The van der Waals surface area contributed by atoms with Crippen LogP contribution in [-0.4, -0.2) is 46.3 Å². The van der Waals surface area contributed by atoms with Crippen molar-refractivity contribution in [3.63, 3.8) is 0 Å². The molecule has 1 atom stereocenters. The first-order chi connectivity index (χ1) is 8.44. The largest absolute Gasteiger partial charge is 2.00 e. The fraction of sp³-hybridized carbons (Fsp3) is 0.818. The first kappa shape index (κ1) is 18.5. The van der Waals surface area contributed by atoms with Crippen molar-refractivity contribution < 1.29 is 40.9 Å². The van der Waals surface area contributed by atoms with E-state index >= 15 is 0 Å². The molecular weight excluding hydrogens is 433 g/mol. The summed E-state index contributed by atoms with van der Waals surface area (Å²) >= 11 is 0. The number of carboxylic acids is 2. The number of carbonyl (C=O) groups is 2. The van der Waals surface area contributed by atoms with Gasteiger partial charge in [0.05, 0.1) is 0 Å². The van der Waals surface area contributed by atoms with Crippen LogP contribution in [0.25, 0.3) is 0 Å². The summed E-state index contributed by atoms with van der Waals surface area (Å²) in [6.07, 6.45) is 3.64. The predicted octanol–water partition coefficient (Wildman–Crippen LogP) is -0.393. The van der Waals surface area contributed by atoms with Gasteiger partial charge in [0.1, 0.15) is 0 Å². The summed E-state index contributed by atoms with van der Waals surface area (Å²) in [5.41, 5.74) is 3.96. The standard InChI is InChI=1S/C6H8O4.C5H13N3.Pt/c7-4(8)6(5(9)10)2-1-3-6;6-4-5-2-1-3-8(5)7;/h1-3H2,(H,7,8)(H,9,10);5H,1-4,6-7H2;/q;;+2/t;5-;/m.0./s1. The van der Waals surface area contributed by atoms with E-state index < -0.39 is 17.4 Å². The van der Waals surface area contributed by atoms with E-state index in [1.165, 1.54) is 12.8 Å². The number of carboxylic acid groups (broad SMARTS) is 2. The first-order valence-electron chi connectivity index (χ1n) is 6.12. The molecule has 7 nitrogen and oxygen atoms in total. The van der Waals surface area contributed by atoms with E-state index in [9.17, 15) is 9.59 Å². The molecule has 112 valence electrons. The van der Waals surface area contributed by atoms with Crippen LogP contribution < -0.4 is 11.6 Å². The quantitative estimate of drug-likeness (QED) is 0.338. The van der Waals surface area contributed by atoms with Crippen LogP contribution in [0.1, 0.15) is 32.1 Å². The fourth-order valence-electron chi connectivity index (χ4n) is 2.16. The van der Waals surface area contributed by atoms with E-state index in [2.05, 4.69) is 0 Å². The van der Waals surface area contributed by atoms with E-state index in [1.54, 1.807) is 0 Å². The molecule has 19 heavy (non-hydrogen) atoms. The maximum Gasteiger partial charge on any atom is 2.00 e. The molecule has 1 saturated carbocycles. The fourth-order valence-corrected chi connectivity index (χ4v) is 2.16. The molecule has 0 spiro atoms. The molecule has 0 unspecified atom stereocenters. The summed E-state index contributed by atoms with van der Waals surface area (Å²) in [7, 11) is 0. The van der Waals surface area contributed by atoms with Gasteiger partial charge >= 0.3 is 33.0 Å². The van der Waals surface area contributed by atoms with Crippen LogP contribution in [0.4, 0.5) is 0 Å². The molecule has 8 heteroatoms. The maximum absolute atomic E-state index is 10.4. The molecule has 0 amide bonds. The molecular formula is C11H21N3O4Pt+2. The summed E-state index contributed by atoms with van der Waals surface area (Å²) in [5.74, 6) is 3.14. The van der Waals surface area contributed by atoms with E-state index in [4.69, 9.17) is 21.8 Å². The minimum absolute atomic E-state index is 0. The van der Waals surface area contributed by atoms with Gasteiger partial charge in [0, 0.05) is 19.1 Å². The van der Waals surface area contributed by atoms with Gasteiger partial charge < -0.3 is 15.9 Å². The van der Waals surface area contributed by atoms with Crippen molar-refractivity contribution in [1.82, 2.24) is 5.01 Å². The van der Waals surface area contributed by atoms with Gasteiger partial charge in [0.25, 0.3) is 0 Å². The van der Waals surface area contributed by atoms with Crippen molar-refractivity contribution in [3.05, 3.63) is 0 Å². The van der Waals surface area contributed by atoms with Gasteiger partial charge in [-0.1, -0.05) is 0 Å². The SMILES string of the molecule is NC[C@@H]1CCCN1N.O=C(O)C1(C(=O)O)CCC1.[Pt+2]. The molecule has 1 heterocycles. The number of hydrogen-bond donors (Lipinski definition) is 4. The van der Waals surface area contributed by atoms with Gasteiger partial charge in [-0.3, -0.25) is 15.4 Å². The smallest absolute Gasteiger partial charge is 0.480 e. The average molecular weight is 454 g/mol. The summed E-state index contributed by atoms with van der Waals surface area (Å²) in [4.78, 5) is 20.7. The van der Waals surface area contributed by atoms with Crippen LogP contribution in [0.5, 0.6) is 0 Å². The van der Waals surface area contributed by atoms with Gasteiger partial charge in [-0.15, -0.1) is 0 Å². The van der Waals surface area contributed by atoms with Crippen LogP contribution in [0.15, 0.2) is 0 Å². The molecule has 2 rings (SSSR count). The minimum Gasteiger partial charge on any atom is -0.480 e. The normalized spacial score (nSPS) is 24.4. The molecule has 1 saturated heterocycles. The van der Waals surface area contributed by atoms with Crippen LogP contribution in [-0.2, 0) is 30.7 Å². The topological polar surface area (TPSA) is 130 Å². The van der Waals surface area contributed by atoms with Gasteiger partial charge in [-0.05, 0) is 32.1 Å². The molecule has 2 fully saturated rings. The van der Waals surface area contributed by atoms with Crippen LogP contribution in [0.3, 0.4) is 0 Å². The Balaban J connectivity index is 0.000000331. The Bertz CT molecular complexity index is 307. The van der Waals surface area contributed by atoms with Gasteiger partial charge in [-0.25, -0.2) is 5.01 Å². The zero-order chi connectivity index (χ0) is 13.8. The van der Waals surface area contributed by atoms with Crippen molar-refractivity contribution in [2.45, 2.75) is 38.1 Å². The zero-order valence-electron chi connectivity index (χ0n) is 10.7. The van der Waals surface area contributed by atoms with Gasteiger partial charge in [0.15, 0.2) is 5.41 Å².